The molecule has 1 unspecified atom stereocenters. The first kappa shape index (κ1) is 14.5. The van der Waals surface area contributed by atoms with Crippen LogP contribution in [0.4, 0.5) is 0 Å². The molecule has 1 rings (SSSR count). The van der Waals surface area contributed by atoms with Crippen LogP contribution in [-0.2, 0) is 0 Å². The summed E-state index contributed by atoms with van der Waals surface area (Å²) in [6.07, 6.45) is 1.15. The van der Waals surface area contributed by atoms with E-state index >= 15 is 0 Å². The normalized spacial score (nSPS) is 12.5. The highest BCUT2D eigenvalue weighted by Gasteiger charge is 2.03. The summed E-state index contributed by atoms with van der Waals surface area (Å²) in [5.41, 5.74) is 2.43. The third kappa shape index (κ3) is 4.68. The second kappa shape index (κ2) is 7.02. The van der Waals surface area contributed by atoms with Crippen LogP contribution in [0.2, 0.25) is 0 Å². The standard InChI is InChI=1S/C14H22BrNO/c1-5-12(4)16-6-7-17-13-8-10(2)14(15)11(3)9-13/h8-9,12,16H,5-7H2,1-4H3. The van der Waals surface area contributed by atoms with Gasteiger partial charge in [0, 0.05) is 17.1 Å². The maximum atomic E-state index is 5.73. The maximum Gasteiger partial charge on any atom is 0.119 e. The zero-order valence-electron chi connectivity index (χ0n) is 11.1. The van der Waals surface area contributed by atoms with Crippen molar-refractivity contribution >= 4 is 15.9 Å². The predicted octanol–water partition coefficient (Wildman–Crippen LogP) is 3.83. The molecule has 1 aromatic carbocycles. The van der Waals surface area contributed by atoms with Crippen molar-refractivity contribution in [3.63, 3.8) is 0 Å². The Morgan fingerprint density at radius 3 is 2.41 bits per heavy atom. The predicted molar refractivity (Wildman–Crippen MR) is 76.9 cm³/mol. The van der Waals surface area contributed by atoms with E-state index in [0.29, 0.717) is 12.6 Å². The average molecular weight is 300 g/mol. The molecule has 1 aromatic rings. The first-order valence-corrected chi connectivity index (χ1v) is 6.96. The van der Waals surface area contributed by atoms with Crippen LogP contribution >= 0.6 is 15.9 Å². The van der Waals surface area contributed by atoms with E-state index in [0.717, 1.165) is 18.7 Å². The topological polar surface area (TPSA) is 21.3 Å². The molecule has 0 bridgehead atoms. The average Bonchev–Trinajstić information content (AvgIpc) is 2.31. The summed E-state index contributed by atoms with van der Waals surface area (Å²) < 4.78 is 6.90. The maximum absolute atomic E-state index is 5.73. The molecule has 0 radical (unpaired) electrons. The van der Waals surface area contributed by atoms with Gasteiger partial charge in [0.25, 0.3) is 0 Å². The monoisotopic (exact) mass is 299 g/mol. The van der Waals surface area contributed by atoms with Gasteiger partial charge in [-0.1, -0.05) is 22.9 Å². The lowest BCUT2D eigenvalue weighted by molar-refractivity contribution is 0.305. The van der Waals surface area contributed by atoms with Gasteiger partial charge in [-0.25, -0.2) is 0 Å². The van der Waals surface area contributed by atoms with E-state index in [9.17, 15) is 0 Å². The number of rotatable bonds is 6. The fourth-order valence-electron chi connectivity index (χ4n) is 1.61. The quantitative estimate of drug-likeness (QED) is 0.806. The molecule has 0 heterocycles. The number of hydrogen-bond acceptors (Lipinski definition) is 2. The van der Waals surface area contributed by atoms with Gasteiger partial charge in [0.1, 0.15) is 12.4 Å². The highest BCUT2D eigenvalue weighted by molar-refractivity contribution is 9.10. The summed E-state index contributed by atoms with van der Waals surface area (Å²) >= 11 is 3.56. The minimum absolute atomic E-state index is 0.562. The van der Waals surface area contributed by atoms with Gasteiger partial charge < -0.3 is 10.1 Å². The first-order valence-electron chi connectivity index (χ1n) is 6.17. The zero-order chi connectivity index (χ0) is 12.8. The molecule has 0 aliphatic heterocycles. The fraction of sp³-hybridized carbons (Fsp3) is 0.571. The van der Waals surface area contributed by atoms with Crippen molar-refractivity contribution in [3.8, 4) is 5.75 Å². The highest BCUT2D eigenvalue weighted by atomic mass is 79.9. The molecule has 0 spiro atoms. The number of aryl methyl sites for hydroxylation is 2. The molecule has 2 nitrogen and oxygen atoms in total. The lowest BCUT2D eigenvalue weighted by atomic mass is 10.1. The van der Waals surface area contributed by atoms with E-state index < -0.39 is 0 Å². The molecular weight excluding hydrogens is 278 g/mol. The third-order valence-electron chi connectivity index (χ3n) is 2.89. The summed E-state index contributed by atoms with van der Waals surface area (Å²) in [5, 5.41) is 3.41. The van der Waals surface area contributed by atoms with Crippen LogP contribution in [0.1, 0.15) is 31.4 Å². The second-order valence-corrected chi connectivity index (χ2v) is 5.28. The smallest absolute Gasteiger partial charge is 0.119 e. The summed E-state index contributed by atoms with van der Waals surface area (Å²) in [7, 11) is 0. The molecule has 96 valence electrons. The van der Waals surface area contributed by atoms with Crippen LogP contribution in [0, 0.1) is 13.8 Å². The number of halogens is 1. The van der Waals surface area contributed by atoms with Crippen LogP contribution < -0.4 is 10.1 Å². The molecule has 0 saturated carbocycles. The Labute approximate surface area is 113 Å². The van der Waals surface area contributed by atoms with Crippen molar-refractivity contribution in [1.82, 2.24) is 5.32 Å². The van der Waals surface area contributed by atoms with Gasteiger partial charge in [-0.3, -0.25) is 0 Å². The van der Waals surface area contributed by atoms with Crippen molar-refractivity contribution in [3.05, 3.63) is 27.7 Å². The van der Waals surface area contributed by atoms with Crippen molar-refractivity contribution in [2.45, 2.75) is 40.2 Å². The minimum atomic E-state index is 0.562. The van der Waals surface area contributed by atoms with Gasteiger partial charge in [0.2, 0.25) is 0 Å². The Morgan fingerprint density at radius 1 is 1.29 bits per heavy atom. The molecule has 0 aromatic heterocycles. The van der Waals surface area contributed by atoms with Gasteiger partial charge in [-0.05, 0) is 50.5 Å². The molecule has 1 atom stereocenters. The van der Waals surface area contributed by atoms with Crippen LogP contribution in [0.5, 0.6) is 5.75 Å². The Hall–Kier alpha value is -0.540. The molecule has 0 aliphatic rings. The summed E-state index contributed by atoms with van der Waals surface area (Å²) in [6.45, 7) is 10.1. The van der Waals surface area contributed by atoms with E-state index in [1.165, 1.54) is 15.6 Å². The summed E-state index contributed by atoms with van der Waals surface area (Å²) in [5.74, 6) is 0.953. The number of benzene rings is 1. The SMILES string of the molecule is CCC(C)NCCOc1cc(C)c(Br)c(C)c1. The lowest BCUT2D eigenvalue weighted by Gasteiger charge is -2.13. The minimum Gasteiger partial charge on any atom is -0.492 e. The Balaban J connectivity index is 2.42. The Morgan fingerprint density at radius 2 is 1.88 bits per heavy atom. The van der Waals surface area contributed by atoms with Crippen molar-refractivity contribution in [2.75, 3.05) is 13.2 Å². The third-order valence-corrected chi connectivity index (χ3v) is 4.14. The molecule has 17 heavy (non-hydrogen) atoms. The molecule has 0 amide bonds. The number of ether oxygens (including phenoxy) is 1. The van der Waals surface area contributed by atoms with Crippen LogP contribution in [0.3, 0.4) is 0 Å². The highest BCUT2D eigenvalue weighted by Crippen LogP contribution is 2.26. The molecule has 0 aliphatic carbocycles. The van der Waals surface area contributed by atoms with Crippen molar-refractivity contribution in [1.29, 1.82) is 0 Å². The van der Waals surface area contributed by atoms with E-state index in [2.05, 4.69) is 61.1 Å². The van der Waals surface area contributed by atoms with Gasteiger partial charge in [-0.2, -0.15) is 0 Å². The van der Waals surface area contributed by atoms with E-state index in [-0.39, 0.29) is 0 Å². The van der Waals surface area contributed by atoms with Gasteiger partial charge in [0.15, 0.2) is 0 Å². The molecule has 0 saturated heterocycles. The first-order chi connectivity index (χ1) is 8.04. The van der Waals surface area contributed by atoms with Crippen LogP contribution in [0.15, 0.2) is 16.6 Å². The van der Waals surface area contributed by atoms with Crippen molar-refractivity contribution in [2.24, 2.45) is 0 Å². The van der Waals surface area contributed by atoms with E-state index in [1.54, 1.807) is 0 Å². The van der Waals surface area contributed by atoms with E-state index in [1.807, 2.05) is 0 Å². The Kier molecular flexibility index (Phi) is 6.00. The van der Waals surface area contributed by atoms with Gasteiger partial charge in [0.05, 0.1) is 0 Å². The Bertz CT molecular complexity index is 342. The van der Waals surface area contributed by atoms with E-state index in [4.69, 9.17) is 4.74 Å². The van der Waals surface area contributed by atoms with Crippen molar-refractivity contribution < 1.29 is 4.74 Å². The molecule has 3 heteroatoms. The van der Waals surface area contributed by atoms with Gasteiger partial charge in [-0.15, -0.1) is 0 Å². The zero-order valence-corrected chi connectivity index (χ0v) is 12.7. The number of hydrogen-bond donors (Lipinski definition) is 1. The van der Waals surface area contributed by atoms with Crippen LogP contribution in [0.25, 0.3) is 0 Å². The largest absolute Gasteiger partial charge is 0.492 e. The molecule has 1 N–H and O–H groups in total. The molecular formula is C14H22BrNO. The van der Waals surface area contributed by atoms with Gasteiger partial charge >= 0.3 is 0 Å². The summed E-state index contributed by atoms with van der Waals surface area (Å²) in [4.78, 5) is 0. The summed E-state index contributed by atoms with van der Waals surface area (Å²) in [6, 6.07) is 4.70. The fourth-order valence-corrected chi connectivity index (χ4v) is 1.84. The second-order valence-electron chi connectivity index (χ2n) is 4.48. The van der Waals surface area contributed by atoms with Crippen LogP contribution in [-0.4, -0.2) is 19.2 Å². The lowest BCUT2D eigenvalue weighted by Crippen LogP contribution is -2.29. The number of nitrogens with one attached hydrogen (secondary N) is 1. The molecule has 0 fully saturated rings.